The first-order valence-corrected chi connectivity index (χ1v) is 16.0. The first-order valence-electron chi connectivity index (χ1n) is 16.0. The number of benzene rings is 4. The van der Waals surface area contributed by atoms with Crippen LogP contribution in [-0.4, -0.2) is 34.2 Å². The number of carbonyl (C=O) groups is 1. The van der Waals surface area contributed by atoms with Crippen LogP contribution in [0, 0.1) is 17.1 Å². The fraction of sp³-hybridized carbons (Fsp3) is 0.179. The molecule has 9 nitrogen and oxygen atoms in total. The van der Waals surface area contributed by atoms with Crippen LogP contribution in [0.1, 0.15) is 34.5 Å². The third-order valence-electron chi connectivity index (χ3n) is 8.20. The Morgan fingerprint density at radius 3 is 2.56 bits per heavy atom. The second kappa shape index (κ2) is 15.9. The number of hydrogen-bond donors (Lipinski definition) is 1. The quantitative estimate of drug-likeness (QED) is 0.126. The van der Waals surface area contributed by atoms with Crippen molar-refractivity contribution >= 4 is 22.6 Å². The number of nitrogens with zero attached hydrogens (tertiary/aromatic N) is 4. The Morgan fingerprint density at radius 1 is 0.940 bits per heavy atom. The van der Waals surface area contributed by atoms with Gasteiger partial charge in [0, 0.05) is 53.9 Å². The van der Waals surface area contributed by atoms with Crippen molar-refractivity contribution in [3.8, 4) is 29.0 Å². The van der Waals surface area contributed by atoms with Crippen LogP contribution in [0.4, 0.5) is 14.6 Å². The van der Waals surface area contributed by atoms with Crippen LogP contribution >= 0.6 is 0 Å². The molecule has 50 heavy (non-hydrogen) atoms. The summed E-state index contributed by atoms with van der Waals surface area (Å²) in [5, 5.41) is 11.9. The predicted octanol–water partition coefficient (Wildman–Crippen LogP) is 7.76. The number of halogens is 2. The summed E-state index contributed by atoms with van der Waals surface area (Å²) in [7, 11) is 1.66. The number of pyridine rings is 1. The van der Waals surface area contributed by atoms with Crippen LogP contribution < -0.4 is 15.0 Å². The Balaban J connectivity index is 1.13. The molecule has 0 spiro atoms. The van der Waals surface area contributed by atoms with Crippen molar-refractivity contribution in [2.75, 3.05) is 19.0 Å². The zero-order valence-electron chi connectivity index (χ0n) is 27.2. The van der Waals surface area contributed by atoms with E-state index in [1.165, 1.54) is 18.2 Å². The average molecular weight is 674 g/mol. The number of imidazole rings is 1. The monoisotopic (exact) mass is 673 g/mol. The maximum atomic E-state index is 14.3. The number of nitrogens with one attached hydrogen (secondary N) is 1. The van der Waals surface area contributed by atoms with Gasteiger partial charge >= 0.3 is 0 Å². The van der Waals surface area contributed by atoms with Crippen LogP contribution in [-0.2, 0) is 35.5 Å². The lowest BCUT2D eigenvalue weighted by atomic mass is 10.1. The van der Waals surface area contributed by atoms with Crippen molar-refractivity contribution in [1.82, 2.24) is 14.5 Å². The van der Waals surface area contributed by atoms with Gasteiger partial charge in [0.25, 0.3) is 0 Å². The molecule has 0 bridgehead atoms. The highest BCUT2D eigenvalue weighted by Crippen LogP contribution is 2.26. The van der Waals surface area contributed by atoms with E-state index in [1.54, 1.807) is 37.4 Å². The fourth-order valence-corrected chi connectivity index (χ4v) is 5.60. The normalized spacial score (nSPS) is 10.9. The van der Waals surface area contributed by atoms with Crippen molar-refractivity contribution in [2.24, 2.45) is 0 Å². The van der Waals surface area contributed by atoms with E-state index in [9.17, 15) is 13.7 Å². The molecule has 0 fully saturated rings. The SMILES string of the molecule is COCCn1c(Cc2ccc(-c3cccc(OCc4ccc(C#N)cc4F)n3)cc2)nc2cc(NC(=O)CCc3ccccc3OF)ccc21. The Labute approximate surface area is 287 Å². The van der Waals surface area contributed by atoms with E-state index < -0.39 is 5.82 Å². The van der Waals surface area contributed by atoms with Gasteiger partial charge in [-0.3, -0.25) is 9.74 Å². The lowest BCUT2D eigenvalue weighted by Crippen LogP contribution is -2.12. The molecule has 6 rings (SSSR count). The van der Waals surface area contributed by atoms with Gasteiger partial charge in [0.1, 0.15) is 18.2 Å². The van der Waals surface area contributed by atoms with Gasteiger partial charge in [-0.25, -0.2) is 14.4 Å². The summed E-state index contributed by atoms with van der Waals surface area (Å²) in [6.07, 6.45) is 1.05. The number of fused-ring (bicyclic) bond motifs is 1. The summed E-state index contributed by atoms with van der Waals surface area (Å²) >= 11 is 0. The minimum atomic E-state index is -0.500. The Morgan fingerprint density at radius 2 is 1.78 bits per heavy atom. The van der Waals surface area contributed by atoms with Crippen molar-refractivity contribution < 1.29 is 28.1 Å². The molecule has 1 amide bonds. The van der Waals surface area contributed by atoms with Crippen molar-refractivity contribution in [3.63, 3.8) is 0 Å². The van der Waals surface area contributed by atoms with Gasteiger partial charge in [-0.2, -0.15) is 5.26 Å². The molecule has 0 atom stereocenters. The molecule has 1 N–H and O–H groups in total. The summed E-state index contributed by atoms with van der Waals surface area (Å²) in [6.45, 7) is 1.09. The largest absolute Gasteiger partial charge is 0.473 e. The molecule has 0 aliphatic carbocycles. The summed E-state index contributed by atoms with van der Waals surface area (Å²) in [5.41, 5.74) is 6.10. The number of aryl methyl sites for hydroxylation is 1. The average Bonchev–Trinajstić information content (AvgIpc) is 3.48. The molecule has 2 aromatic heterocycles. The van der Waals surface area contributed by atoms with Gasteiger partial charge in [-0.05, 0) is 60.0 Å². The van der Waals surface area contributed by atoms with Crippen LogP contribution in [0.25, 0.3) is 22.3 Å². The molecule has 0 aliphatic heterocycles. The molecule has 0 aliphatic rings. The van der Waals surface area contributed by atoms with E-state index in [0.29, 0.717) is 54.4 Å². The predicted molar refractivity (Wildman–Crippen MR) is 185 cm³/mol. The highest BCUT2D eigenvalue weighted by molar-refractivity contribution is 5.93. The third-order valence-corrected chi connectivity index (χ3v) is 8.20. The van der Waals surface area contributed by atoms with E-state index >= 15 is 0 Å². The number of carbonyl (C=O) groups excluding carboxylic acids is 1. The van der Waals surface area contributed by atoms with Crippen LogP contribution in [0.2, 0.25) is 0 Å². The van der Waals surface area contributed by atoms with Crippen LogP contribution in [0.3, 0.4) is 0 Å². The number of nitriles is 1. The lowest BCUT2D eigenvalue weighted by molar-refractivity contribution is -0.116. The van der Waals surface area contributed by atoms with Gasteiger partial charge in [0.05, 0.1) is 35.0 Å². The van der Waals surface area contributed by atoms with Gasteiger partial charge in [-0.15, -0.1) is 0 Å². The number of hydrogen-bond acceptors (Lipinski definition) is 7. The summed E-state index contributed by atoms with van der Waals surface area (Å²) < 4.78 is 40.4. The Kier molecular flexibility index (Phi) is 10.7. The van der Waals surface area contributed by atoms with Gasteiger partial charge < -0.3 is 19.4 Å². The summed E-state index contributed by atoms with van der Waals surface area (Å²) in [6, 6.07) is 31.9. The maximum absolute atomic E-state index is 14.3. The zero-order valence-corrected chi connectivity index (χ0v) is 27.2. The molecule has 0 saturated carbocycles. The van der Waals surface area contributed by atoms with Crippen LogP contribution in [0.15, 0.2) is 103 Å². The van der Waals surface area contributed by atoms with Gasteiger partial charge in [0.15, 0.2) is 5.75 Å². The highest BCUT2D eigenvalue weighted by atomic mass is 19.3. The van der Waals surface area contributed by atoms with E-state index in [-0.39, 0.29) is 30.2 Å². The fourth-order valence-electron chi connectivity index (χ4n) is 5.60. The molecule has 6 aromatic rings. The standard InChI is InChI=1S/C39H33F2N5O4/c1-48-20-19-46-35-17-16-31(43-38(47)18-15-29-5-2-3-7-36(29)50-41)23-34(35)44-37(46)22-26-9-12-28(13-10-26)33-6-4-8-39(45-33)49-25-30-14-11-27(24-42)21-32(30)40/h2-14,16-17,21,23H,15,18-20,22,25H2,1H3,(H,43,47). The zero-order chi connectivity index (χ0) is 34.9. The molecule has 4 aromatic carbocycles. The molecule has 2 heterocycles. The summed E-state index contributed by atoms with van der Waals surface area (Å²) in [5.74, 6) is 0.606. The topological polar surface area (TPSA) is 111 Å². The van der Waals surface area contributed by atoms with E-state index in [1.807, 2.05) is 60.7 Å². The van der Waals surface area contributed by atoms with Crippen molar-refractivity contribution in [2.45, 2.75) is 32.4 Å². The smallest absolute Gasteiger partial charge is 0.224 e. The molecule has 11 heteroatoms. The molecular formula is C39H33F2N5O4. The van der Waals surface area contributed by atoms with E-state index in [0.717, 1.165) is 28.0 Å². The molecule has 0 saturated heterocycles. The number of ether oxygens (including phenoxy) is 2. The molecule has 0 radical (unpaired) electrons. The maximum Gasteiger partial charge on any atom is 0.224 e. The number of amides is 1. The highest BCUT2D eigenvalue weighted by Gasteiger charge is 2.14. The number of para-hydroxylation sites is 1. The molecule has 0 unspecified atom stereocenters. The lowest BCUT2D eigenvalue weighted by Gasteiger charge is -2.10. The van der Waals surface area contributed by atoms with Gasteiger partial charge in [-0.1, -0.05) is 54.6 Å². The third kappa shape index (κ3) is 8.11. The molecular weight excluding hydrogens is 640 g/mol. The Hall–Kier alpha value is -6.12. The second-order valence-corrected chi connectivity index (χ2v) is 11.6. The van der Waals surface area contributed by atoms with Gasteiger partial charge in [0.2, 0.25) is 11.8 Å². The van der Waals surface area contributed by atoms with Crippen molar-refractivity contribution in [3.05, 3.63) is 137 Å². The number of anilines is 1. The first-order chi connectivity index (χ1) is 24.4. The first kappa shape index (κ1) is 33.8. The van der Waals surface area contributed by atoms with Crippen molar-refractivity contribution in [1.29, 1.82) is 5.26 Å². The second-order valence-electron chi connectivity index (χ2n) is 11.6. The number of methoxy groups -OCH3 is 1. The number of rotatable bonds is 14. The summed E-state index contributed by atoms with van der Waals surface area (Å²) in [4.78, 5) is 26.2. The minimum absolute atomic E-state index is 0.0165. The molecule has 252 valence electrons. The minimum Gasteiger partial charge on any atom is -0.473 e. The van der Waals surface area contributed by atoms with E-state index in [4.69, 9.17) is 19.7 Å². The Bertz CT molecular complexity index is 2160. The number of aromatic nitrogens is 3. The van der Waals surface area contributed by atoms with Crippen LogP contribution in [0.5, 0.6) is 11.6 Å². The van der Waals surface area contributed by atoms with E-state index in [2.05, 4.69) is 19.8 Å².